The van der Waals surface area contributed by atoms with Crippen molar-refractivity contribution in [1.82, 2.24) is 15.1 Å². The Labute approximate surface area is 166 Å². The average Bonchev–Trinajstić information content (AvgIpc) is 2.51. The third kappa shape index (κ3) is 8.34. The molecule has 0 spiro atoms. The number of nitrogens with zero attached hydrogens (tertiary/aromatic N) is 3. The zero-order valence-corrected chi connectivity index (χ0v) is 18.9. The van der Waals surface area contributed by atoms with E-state index in [1.807, 2.05) is 0 Å². The van der Waals surface area contributed by atoms with Crippen LogP contribution in [0.15, 0.2) is 4.99 Å². The van der Waals surface area contributed by atoms with E-state index in [9.17, 15) is 0 Å². The first-order chi connectivity index (χ1) is 11.0. The number of guanidine groups is 1. The maximum atomic E-state index is 5.74. The molecular formula is C18H39IN4O. The monoisotopic (exact) mass is 454 g/mol. The average molecular weight is 454 g/mol. The van der Waals surface area contributed by atoms with Gasteiger partial charge in [0.2, 0.25) is 0 Å². The first kappa shape index (κ1) is 23.9. The molecule has 1 aliphatic rings. The van der Waals surface area contributed by atoms with E-state index >= 15 is 0 Å². The van der Waals surface area contributed by atoms with Crippen LogP contribution < -0.4 is 5.32 Å². The Bertz CT molecular complexity index is 334. The fourth-order valence-corrected chi connectivity index (χ4v) is 3.28. The van der Waals surface area contributed by atoms with Crippen molar-refractivity contribution >= 4 is 29.9 Å². The van der Waals surface area contributed by atoms with E-state index in [2.05, 4.69) is 56.7 Å². The van der Waals surface area contributed by atoms with Crippen molar-refractivity contribution in [2.45, 2.75) is 72.6 Å². The predicted molar refractivity (Wildman–Crippen MR) is 115 cm³/mol. The van der Waals surface area contributed by atoms with E-state index in [1.165, 1.54) is 0 Å². The van der Waals surface area contributed by atoms with Gasteiger partial charge < -0.3 is 15.0 Å². The lowest BCUT2D eigenvalue weighted by Gasteiger charge is -2.34. The molecule has 0 radical (unpaired) electrons. The molecule has 24 heavy (non-hydrogen) atoms. The Hall–Kier alpha value is -0.0800. The van der Waals surface area contributed by atoms with Crippen LogP contribution in [0, 0.1) is 0 Å². The molecule has 0 aromatic carbocycles. The number of hydrogen-bond acceptors (Lipinski definition) is 3. The van der Waals surface area contributed by atoms with Crippen LogP contribution in [0.25, 0.3) is 0 Å². The summed E-state index contributed by atoms with van der Waals surface area (Å²) in [7, 11) is 0. The minimum absolute atomic E-state index is 0. The molecule has 1 aliphatic heterocycles. The second-order valence-electron chi connectivity index (χ2n) is 6.80. The standard InChI is InChI=1S/C18H38N4O.HI/c1-7-19-18(20-11-14-22(15(3)4)16(5)6)21-12-9-17(10-13-21)23-8-2;/h15-17H,7-14H2,1-6H3,(H,19,20);1H. The lowest BCUT2D eigenvalue weighted by molar-refractivity contribution is 0.0263. The van der Waals surface area contributed by atoms with Crippen molar-refractivity contribution in [3.05, 3.63) is 0 Å². The zero-order valence-electron chi connectivity index (χ0n) is 16.5. The molecule has 1 N–H and O–H groups in total. The molecule has 0 bridgehead atoms. The van der Waals surface area contributed by atoms with Crippen LogP contribution in [0.3, 0.4) is 0 Å². The van der Waals surface area contributed by atoms with Gasteiger partial charge in [-0.25, -0.2) is 0 Å². The molecule has 0 unspecified atom stereocenters. The summed E-state index contributed by atoms with van der Waals surface area (Å²) in [4.78, 5) is 9.74. The van der Waals surface area contributed by atoms with Crippen LogP contribution in [-0.2, 0) is 4.74 Å². The van der Waals surface area contributed by atoms with Crippen molar-refractivity contribution in [2.75, 3.05) is 39.3 Å². The normalized spacial score (nSPS) is 16.9. The number of halogens is 1. The van der Waals surface area contributed by atoms with Gasteiger partial charge in [0.1, 0.15) is 0 Å². The fraction of sp³-hybridized carbons (Fsp3) is 0.944. The van der Waals surface area contributed by atoms with Gasteiger partial charge in [0.15, 0.2) is 5.96 Å². The predicted octanol–water partition coefficient (Wildman–Crippen LogP) is 3.19. The lowest BCUT2D eigenvalue weighted by Crippen LogP contribution is -2.47. The molecule has 0 saturated carbocycles. The van der Waals surface area contributed by atoms with Crippen LogP contribution in [0.4, 0.5) is 0 Å². The molecule has 5 nitrogen and oxygen atoms in total. The highest BCUT2D eigenvalue weighted by molar-refractivity contribution is 14.0. The molecule has 0 aromatic heterocycles. The highest BCUT2D eigenvalue weighted by atomic mass is 127. The first-order valence-electron chi connectivity index (χ1n) is 9.40. The number of rotatable bonds is 8. The van der Waals surface area contributed by atoms with E-state index in [1.54, 1.807) is 0 Å². The van der Waals surface area contributed by atoms with Crippen molar-refractivity contribution in [1.29, 1.82) is 0 Å². The fourth-order valence-electron chi connectivity index (χ4n) is 3.28. The van der Waals surface area contributed by atoms with Gasteiger partial charge >= 0.3 is 0 Å². The molecule has 144 valence electrons. The molecule has 0 atom stereocenters. The third-order valence-corrected chi connectivity index (χ3v) is 4.43. The molecule has 6 heteroatoms. The third-order valence-electron chi connectivity index (χ3n) is 4.43. The van der Waals surface area contributed by atoms with Crippen molar-refractivity contribution in [3.8, 4) is 0 Å². The van der Waals surface area contributed by atoms with Crippen molar-refractivity contribution in [3.63, 3.8) is 0 Å². The second-order valence-corrected chi connectivity index (χ2v) is 6.80. The maximum absolute atomic E-state index is 5.74. The van der Waals surface area contributed by atoms with Gasteiger partial charge in [-0.15, -0.1) is 24.0 Å². The smallest absolute Gasteiger partial charge is 0.193 e. The molecule has 1 saturated heterocycles. The molecule has 1 fully saturated rings. The van der Waals surface area contributed by atoms with Gasteiger partial charge in [0.25, 0.3) is 0 Å². The Morgan fingerprint density at radius 2 is 1.75 bits per heavy atom. The summed E-state index contributed by atoms with van der Waals surface area (Å²) in [5.74, 6) is 1.06. The number of aliphatic imine (C=N–C) groups is 1. The summed E-state index contributed by atoms with van der Waals surface area (Å²) in [6, 6.07) is 1.13. The van der Waals surface area contributed by atoms with Crippen LogP contribution in [0.1, 0.15) is 54.4 Å². The summed E-state index contributed by atoms with van der Waals surface area (Å²) < 4.78 is 5.74. The Kier molecular flexibility index (Phi) is 13.1. The summed E-state index contributed by atoms with van der Waals surface area (Å²) in [5.41, 5.74) is 0. The van der Waals surface area contributed by atoms with Gasteiger partial charge in [-0.1, -0.05) is 0 Å². The Morgan fingerprint density at radius 3 is 2.21 bits per heavy atom. The summed E-state index contributed by atoms with van der Waals surface area (Å²) >= 11 is 0. The molecule has 1 heterocycles. The van der Waals surface area contributed by atoms with Gasteiger partial charge in [-0.3, -0.25) is 9.89 Å². The SMILES string of the molecule is CCNC(=NCCN(C(C)C)C(C)C)N1CCC(OCC)CC1.I. The topological polar surface area (TPSA) is 40.1 Å². The molecule has 1 rings (SSSR count). The largest absolute Gasteiger partial charge is 0.378 e. The Morgan fingerprint density at radius 1 is 1.17 bits per heavy atom. The number of nitrogens with one attached hydrogen (secondary N) is 1. The molecule has 0 aromatic rings. The second kappa shape index (κ2) is 13.2. The quantitative estimate of drug-likeness (QED) is 0.348. The van der Waals surface area contributed by atoms with Gasteiger partial charge in [-0.2, -0.15) is 0 Å². The van der Waals surface area contributed by atoms with E-state index < -0.39 is 0 Å². The van der Waals surface area contributed by atoms with Crippen molar-refractivity contribution in [2.24, 2.45) is 4.99 Å². The Balaban J connectivity index is 0.00000529. The van der Waals surface area contributed by atoms with Crippen LogP contribution >= 0.6 is 24.0 Å². The van der Waals surface area contributed by atoms with E-state index in [4.69, 9.17) is 9.73 Å². The van der Waals surface area contributed by atoms with Crippen LogP contribution in [0.2, 0.25) is 0 Å². The minimum atomic E-state index is 0. The molecule has 0 amide bonds. The highest BCUT2D eigenvalue weighted by Crippen LogP contribution is 2.13. The van der Waals surface area contributed by atoms with E-state index in [-0.39, 0.29) is 24.0 Å². The highest BCUT2D eigenvalue weighted by Gasteiger charge is 2.21. The summed E-state index contributed by atoms with van der Waals surface area (Å²) in [6.45, 7) is 18.9. The van der Waals surface area contributed by atoms with Crippen molar-refractivity contribution < 1.29 is 4.74 Å². The molecule has 0 aliphatic carbocycles. The number of ether oxygens (including phenoxy) is 1. The zero-order chi connectivity index (χ0) is 17.2. The van der Waals surface area contributed by atoms with E-state index in [0.717, 1.165) is 58.1 Å². The van der Waals surface area contributed by atoms with E-state index in [0.29, 0.717) is 18.2 Å². The summed E-state index contributed by atoms with van der Waals surface area (Å²) in [5, 5.41) is 3.45. The van der Waals surface area contributed by atoms with Crippen LogP contribution in [-0.4, -0.2) is 73.3 Å². The van der Waals surface area contributed by atoms with Crippen LogP contribution in [0.5, 0.6) is 0 Å². The summed E-state index contributed by atoms with van der Waals surface area (Å²) in [6.07, 6.45) is 2.63. The number of likely N-dealkylation sites (tertiary alicyclic amines) is 1. The van der Waals surface area contributed by atoms with Gasteiger partial charge in [0.05, 0.1) is 12.6 Å². The molecular weight excluding hydrogens is 415 g/mol. The van der Waals surface area contributed by atoms with Gasteiger partial charge in [0, 0.05) is 44.9 Å². The minimum Gasteiger partial charge on any atom is -0.378 e. The first-order valence-corrected chi connectivity index (χ1v) is 9.40. The van der Waals surface area contributed by atoms with Gasteiger partial charge in [-0.05, 0) is 54.4 Å². The number of piperidine rings is 1. The maximum Gasteiger partial charge on any atom is 0.193 e. The number of hydrogen-bond donors (Lipinski definition) is 1. The lowest BCUT2D eigenvalue weighted by atomic mass is 10.1.